The molecule has 0 radical (unpaired) electrons. The van der Waals surface area contributed by atoms with Crippen molar-refractivity contribution in [1.29, 1.82) is 0 Å². The van der Waals surface area contributed by atoms with Crippen molar-refractivity contribution >= 4 is 5.97 Å². The van der Waals surface area contributed by atoms with Crippen LogP contribution >= 0.6 is 0 Å². The normalized spacial score (nSPS) is 10.4. The molecule has 0 aliphatic carbocycles. The molecule has 0 saturated carbocycles. The maximum atomic E-state index is 11.2. The largest absolute Gasteiger partial charge is 0.477 e. The van der Waals surface area contributed by atoms with Gasteiger partial charge in [0.05, 0.1) is 12.4 Å². The average Bonchev–Trinajstić information content (AvgIpc) is 2.76. The summed E-state index contributed by atoms with van der Waals surface area (Å²) in [4.78, 5) is 15.2. The molecule has 19 heavy (non-hydrogen) atoms. The van der Waals surface area contributed by atoms with Crippen molar-refractivity contribution in [3.63, 3.8) is 0 Å². The number of hydrogen-bond acceptors (Lipinski definition) is 4. The van der Waals surface area contributed by atoms with Crippen LogP contribution in [0.3, 0.4) is 0 Å². The summed E-state index contributed by atoms with van der Waals surface area (Å²) in [6.45, 7) is 4.54. The Bertz CT molecular complexity index is 593. The van der Waals surface area contributed by atoms with Gasteiger partial charge in [-0.2, -0.15) is 5.10 Å². The highest BCUT2D eigenvalue weighted by atomic mass is 16.5. The number of rotatable bonds is 5. The summed E-state index contributed by atoms with van der Waals surface area (Å²) in [7, 11) is 0. The van der Waals surface area contributed by atoms with Crippen LogP contribution in [0.25, 0.3) is 0 Å². The molecule has 0 amide bonds. The Labute approximate surface area is 110 Å². The highest BCUT2D eigenvalue weighted by Gasteiger charge is 2.16. The van der Waals surface area contributed by atoms with E-state index in [9.17, 15) is 9.90 Å². The van der Waals surface area contributed by atoms with Gasteiger partial charge in [0.1, 0.15) is 5.56 Å². The first kappa shape index (κ1) is 13.1. The third kappa shape index (κ3) is 2.90. The molecule has 2 heterocycles. The first-order chi connectivity index (χ1) is 9.11. The van der Waals surface area contributed by atoms with E-state index in [-0.39, 0.29) is 11.4 Å². The molecule has 0 aliphatic heterocycles. The van der Waals surface area contributed by atoms with Crippen LogP contribution in [0.1, 0.15) is 29.3 Å². The number of carboxylic acids is 1. The standard InChI is InChI=1S/C13H15N3O3/c1-3-6-16-8-10(7-15-16)19-12-11(13(17)18)9(2)4-5-14-12/h4-5,7-8H,3,6H2,1-2H3,(H,17,18). The van der Waals surface area contributed by atoms with Gasteiger partial charge in [0.15, 0.2) is 5.75 Å². The molecular weight excluding hydrogens is 246 g/mol. The maximum Gasteiger partial charge on any atom is 0.341 e. The van der Waals surface area contributed by atoms with E-state index in [4.69, 9.17) is 4.74 Å². The van der Waals surface area contributed by atoms with E-state index < -0.39 is 5.97 Å². The molecule has 1 N–H and O–H groups in total. The first-order valence-corrected chi connectivity index (χ1v) is 6.01. The monoisotopic (exact) mass is 261 g/mol. The molecule has 6 nitrogen and oxygen atoms in total. The minimum absolute atomic E-state index is 0.0748. The lowest BCUT2D eigenvalue weighted by molar-refractivity contribution is 0.0692. The molecule has 2 rings (SSSR count). The van der Waals surface area contributed by atoms with Gasteiger partial charge in [-0.3, -0.25) is 4.68 Å². The van der Waals surface area contributed by atoms with Gasteiger partial charge in [-0.1, -0.05) is 6.92 Å². The number of aromatic carboxylic acids is 1. The van der Waals surface area contributed by atoms with Crippen LogP contribution in [0, 0.1) is 6.92 Å². The molecular formula is C13H15N3O3. The number of ether oxygens (including phenoxy) is 1. The van der Waals surface area contributed by atoms with Gasteiger partial charge in [-0.15, -0.1) is 0 Å². The molecule has 0 bridgehead atoms. The van der Waals surface area contributed by atoms with E-state index in [2.05, 4.69) is 10.1 Å². The summed E-state index contributed by atoms with van der Waals surface area (Å²) in [6.07, 6.45) is 5.75. The molecule has 0 aromatic carbocycles. The number of aryl methyl sites for hydroxylation is 2. The lowest BCUT2D eigenvalue weighted by atomic mass is 10.1. The fourth-order valence-electron chi connectivity index (χ4n) is 1.73. The second-order valence-electron chi connectivity index (χ2n) is 4.15. The summed E-state index contributed by atoms with van der Waals surface area (Å²) in [5.41, 5.74) is 0.684. The van der Waals surface area contributed by atoms with Crippen molar-refractivity contribution in [3.05, 3.63) is 35.8 Å². The number of aromatic nitrogens is 3. The van der Waals surface area contributed by atoms with Gasteiger partial charge in [0.2, 0.25) is 5.88 Å². The van der Waals surface area contributed by atoms with Crippen molar-refractivity contribution in [3.8, 4) is 11.6 Å². The molecule has 2 aromatic heterocycles. The van der Waals surface area contributed by atoms with Crippen molar-refractivity contribution in [2.45, 2.75) is 26.8 Å². The minimum atomic E-state index is -1.05. The number of nitrogens with zero attached hydrogens (tertiary/aromatic N) is 3. The van der Waals surface area contributed by atoms with Crippen LogP contribution in [0.4, 0.5) is 0 Å². The Hall–Kier alpha value is -2.37. The topological polar surface area (TPSA) is 77.2 Å². The Kier molecular flexibility index (Phi) is 3.79. The maximum absolute atomic E-state index is 11.2. The van der Waals surface area contributed by atoms with E-state index in [0.717, 1.165) is 13.0 Å². The van der Waals surface area contributed by atoms with Gasteiger partial charge in [-0.05, 0) is 25.0 Å². The van der Waals surface area contributed by atoms with Gasteiger partial charge in [-0.25, -0.2) is 9.78 Å². The molecule has 0 unspecified atom stereocenters. The molecule has 0 fully saturated rings. The summed E-state index contributed by atoms with van der Waals surface area (Å²) in [5.74, 6) is -0.487. The number of carboxylic acid groups (broad SMARTS) is 1. The average molecular weight is 261 g/mol. The van der Waals surface area contributed by atoms with Crippen molar-refractivity contribution in [1.82, 2.24) is 14.8 Å². The third-order valence-corrected chi connectivity index (χ3v) is 2.62. The van der Waals surface area contributed by atoms with Crippen LogP contribution in [0.2, 0.25) is 0 Å². The van der Waals surface area contributed by atoms with Crippen molar-refractivity contribution in [2.75, 3.05) is 0 Å². The molecule has 2 aromatic rings. The quantitative estimate of drug-likeness (QED) is 0.894. The van der Waals surface area contributed by atoms with E-state index in [1.807, 2.05) is 6.92 Å². The van der Waals surface area contributed by atoms with Crippen LogP contribution in [-0.4, -0.2) is 25.8 Å². The molecule has 0 saturated heterocycles. The fourth-order valence-corrected chi connectivity index (χ4v) is 1.73. The minimum Gasteiger partial charge on any atom is -0.477 e. The molecule has 0 aliphatic rings. The Morgan fingerprint density at radius 3 is 3.00 bits per heavy atom. The van der Waals surface area contributed by atoms with Crippen LogP contribution in [0.15, 0.2) is 24.7 Å². The zero-order valence-electron chi connectivity index (χ0n) is 10.8. The first-order valence-electron chi connectivity index (χ1n) is 6.01. The lowest BCUT2D eigenvalue weighted by Gasteiger charge is -2.07. The lowest BCUT2D eigenvalue weighted by Crippen LogP contribution is -2.04. The SMILES string of the molecule is CCCn1cc(Oc2nccc(C)c2C(=O)O)cn1. The smallest absolute Gasteiger partial charge is 0.341 e. The number of hydrogen-bond donors (Lipinski definition) is 1. The van der Waals surface area contributed by atoms with E-state index in [1.165, 1.54) is 6.20 Å². The summed E-state index contributed by atoms with van der Waals surface area (Å²) in [5, 5.41) is 13.3. The highest BCUT2D eigenvalue weighted by Crippen LogP contribution is 2.24. The summed E-state index contributed by atoms with van der Waals surface area (Å²) >= 11 is 0. The zero-order valence-corrected chi connectivity index (χ0v) is 10.8. The van der Waals surface area contributed by atoms with Crippen LogP contribution in [-0.2, 0) is 6.54 Å². The summed E-state index contributed by atoms with van der Waals surface area (Å²) in [6, 6.07) is 1.64. The summed E-state index contributed by atoms with van der Waals surface area (Å²) < 4.78 is 7.24. The Balaban J connectivity index is 2.27. The van der Waals surface area contributed by atoms with Gasteiger partial charge < -0.3 is 9.84 Å². The molecule has 0 spiro atoms. The number of carbonyl (C=O) groups is 1. The fraction of sp³-hybridized carbons (Fsp3) is 0.308. The number of pyridine rings is 1. The van der Waals surface area contributed by atoms with Crippen molar-refractivity contribution < 1.29 is 14.6 Å². The third-order valence-electron chi connectivity index (χ3n) is 2.62. The second kappa shape index (κ2) is 5.51. The van der Waals surface area contributed by atoms with Gasteiger partial charge >= 0.3 is 5.97 Å². The zero-order chi connectivity index (χ0) is 13.8. The molecule has 6 heteroatoms. The van der Waals surface area contributed by atoms with Crippen LogP contribution in [0.5, 0.6) is 11.6 Å². The highest BCUT2D eigenvalue weighted by molar-refractivity contribution is 5.91. The Morgan fingerprint density at radius 2 is 2.32 bits per heavy atom. The van der Waals surface area contributed by atoms with E-state index in [1.54, 1.807) is 30.1 Å². The molecule has 100 valence electrons. The van der Waals surface area contributed by atoms with E-state index in [0.29, 0.717) is 11.3 Å². The van der Waals surface area contributed by atoms with E-state index >= 15 is 0 Å². The van der Waals surface area contributed by atoms with Gasteiger partial charge in [0.25, 0.3) is 0 Å². The second-order valence-corrected chi connectivity index (χ2v) is 4.15. The predicted octanol–water partition coefficient (Wildman–Crippen LogP) is 2.49. The van der Waals surface area contributed by atoms with Crippen molar-refractivity contribution in [2.24, 2.45) is 0 Å². The predicted molar refractivity (Wildman–Crippen MR) is 68.5 cm³/mol. The van der Waals surface area contributed by atoms with Gasteiger partial charge in [0, 0.05) is 12.7 Å². The van der Waals surface area contributed by atoms with Crippen LogP contribution < -0.4 is 4.74 Å². The Morgan fingerprint density at radius 1 is 1.53 bits per heavy atom. The molecule has 0 atom stereocenters.